The van der Waals surface area contributed by atoms with Crippen LogP contribution in [0.3, 0.4) is 0 Å². The van der Waals surface area contributed by atoms with Crippen LogP contribution in [0, 0.1) is 5.92 Å². The van der Waals surface area contributed by atoms with E-state index in [1.165, 1.54) is 12.8 Å². The first-order valence-corrected chi connectivity index (χ1v) is 9.33. The van der Waals surface area contributed by atoms with Gasteiger partial charge >= 0.3 is 0 Å². The van der Waals surface area contributed by atoms with E-state index in [4.69, 9.17) is 0 Å². The molecule has 1 amide bonds. The Bertz CT molecular complexity index is 496. The molecule has 116 valence electrons. The summed E-state index contributed by atoms with van der Waals surface area (Å²) in [5.41, 5.74) is 0.764. The number of amides is 1. The van der Waals surface area contributed by atoms with Gasteiger partial charge in [0.15, 0.2) is 0 Å². The minimum absolute atomic E-state index is 0.163. The van der Waals surface area contributed by atoms with Crippen molar-refractivity contribution < 1.29 is 4.79 Å². The third-order valence-corrected chi connectivity index (χ3v) is 5.32. The number of hydrogen-bond donors (Lipinski definition) is 0. The lowest BCUT2D eigenvalue weighted by molar-refractivity contribution is 0.0671. The van der Waals surface area contributed by atoms with E-state index in [9.17, 15) is 4.79 Å². The number of nitrogens with zero attached hydrogens (tertiary/aromatic N) is 1. The zero-order valence-electron chi connectivity index (χ0n) is 12.7. The summed E-state index contributed by atoms with van der Waals surface area (Å²) >= 11 is 6.99. The van der Waals surface area contributed by atoms with E-state index in [1.807, 2.05) is 18.2 Å². The van der Waals surface area contributed by atoms with Crippen molar-refractivity contribution in [1.29, 1.82) is 0 Å². The highest BCUT2D eigenvalue weighted by Crippen LogP contribution is 2.29. The molecule has 1 saturated carbocycles. The predicted molar refractivity (Wildman–Crippen MR) is 94.6 cm³/mol. The van der Waals surface area contributed by atoms with E-state index in [0.717, 1.165) is 40.3 Å². The summed E-state index contributed by atoms with van der Waals surface area (Å²) in [5.74, 6) is 0.781. The second-order valence-corrected chi connectivity index (χ2v) is 8.01. The predicted octanol–water partition coefficient (Wildman–Crippen LogP) is 5.64. The third kappa shape index (κ3) is 4.56. The molecule has 0 saturated heterocycles. The second kappa shape index (κ2) is 7.77. The van der Waals surface area contributed by atoms with Gasteiger partial charge in [0.05, 0.1) is 5.56 Å². The Morgan fingerprint density at radius 2 is 1.95 bits per heavy atom. The van der Waals surface area contributed by atoms with Crippen LogP contribution in [0.4, 0.5) is 0 Å². The number of carbonyl (C=O) groups is 1. The molecule has 0 N–H and O–H groups in total. The zero-order chi connectivity index (χ0) is 15.4. The molecule has 0 radical (unpaired) electrons. The highest BCUT2D eigenvalue weighted by Gasteiger charge is 2.28. The number of carbonyl (C=O) groups excluding carboxylic acids is 1. The molecule has 2 rings (SSSR count). The van der Waals surface area contributed by atoms with Crippen LogP contribution >= 0.6 is 31.9 Å². The Morgan fingerprint density at radius 1 is 1.29 bits per heavy atom. The fraction of sp³-hybridized carbons (Fsp3) is 0.588. The minimum atomic E-state index is 0.163. The van der Waals surface area contributed by atoms with Crippen LogP contribution in [0.2, 0.25) is 0 Å². The van der Waals surface area contributed by atoms with Gasteiger partial charge in [-0.05, 0) is 59.3 Å². The van der Waals surface area contributed by atoms with E-state index < -0.39 is 0 Å². The van der Waals surface area contributed by atoms with E-state index >= 15 is 0 Å². The van der Waals surface area contributed by atoms with Gasteiger partial charge in [-0.1, -0.05) is 42.6 Å². The normalized spacial score (nSPS) is 15.7. The summed E-state index contributed by atoms with van der Waals surface area (Å²) < 4.78 is 1.83. The lowest BCUT2D eigenvalue weighted by Crippen LogP contribution is -2.40. The standard InChI is InChI=1S/C17H23Br2NO/c1-12(2)9-10-20(14-5-3-4-6-14)17(21)15-11-13(18)7-8-16(15)19/h7-8,11-12,14H,3-6,9-10H2,1-2H3. The molecule has 2 nitrogen and oxygen atoms in total. The lowest BCUT2D eigenvalue weighted by Gasteiger charge is -2.30. The fourth-order valence-electron chi connectivity index (χ4n) is 2.88. The van der Waals surface area contributed by atoms with Crippen LogP contribution in [-0.4, -0.2) is 23.4 Å². The van der Waals surface area contributed by atoms with Gasteiger partial charge in [-0.25, -0.2) is 0 Å². The molecule has 1 aliphatic carbocycles. The van der Waals surface area contributed by atoms with Crippen LogP contribution in [-0.2, 0) is 0 Å². The van der Waals surface area contributed by atoms with E-state index in [-0.39, 0.29) is 5.91 Å². The first-order chi connectivity index (χ1) is 9.99. The van der Waals surface area contributed by atoms with Gasteiger partial charge in [0.25, 0.3) is 5.91 Å². The first kappa shape index (κ1) is 17.0. The van der Waals surface area contributed by atoms with Crippen molar-refractivity contribution in [2.75, 3.05) is 6.54 Å². The Kier molecular flexibility index (Phi) is 6.30. The van der Waals surface area contributed by atoms with Crippen LogP contribution in [0.5, 0.6) is 0 Å². The largest absolute Gasteiger partial charge is 0.336 e. The summed E-state index contributed by atoms with van der Waals surface area (Å²) in [6, 6.07) is 6.23. The molecule has 0 aromatic heterocycles. The maximum Gasteiger partial charge on any atom is 0.255 e. The monoisotopic (exact) mass is 415 g/mol. The summed E-state index contributed by atoms with van der Waals surface area (Å²) in [6.45, 7) is 5.29. The molecule has 0 unspecified atom stereocenters. The Balaban J connectivity index is 2.21. The molecule has 1 aliphatic rings. The highest BCUT2D eigenvalue weighted by molar-refractivity contribution is 9.11. The summed E-state index contributed by atoms with van der Waals surface area (Å²) in [4.78, 5) is 15.1. The zero-order valence-corrected chi connectivity index (χ0v) is 15.9. The second-order valence-electron chi connectivity index (χ2n) is 6.24. The maximum absolute atomic E-state index is 13.0. The Hall–Kier alpha value is -0.350. The SMILES string of the molecule is CC(C)CCN(C(=O)c1cc(Br)ccc1Br)C1CCCC1. The van der Waals surface area contributed by atoms with Gasteiger partial charge in [0.1, 0.15) is 0 Å². The average Bonchev–Trinajstić information content (AvgIpc) is 2.95. The lowest BCUT2D eigenvalue weighted by atomic mass is 10.1. The maximum atomic E-state index is 13.0. The van der Waals surface area contributed by atoms with Crippen LogP contribution < -0.4 is 0 Å². The Morgan fingerprint density at radius 3 is 2.57 bits per heavy atom. The topological polar surface area (TPSA) is 20.3 Å². The molecule has 0 aliphatic heterocycles. The van der Waals surface area contributed by atoms with Crippen molar-refractivity contribution >= 4 is 37.8 Å². The van der Waals surface area contributed by atoms with Crippen LogP contribution in [0.15, 0.2) is 27.1 Å². The number of hydrogen-bond acceptors (Lipinski definition) is 1. The van der Waals surface area contributed by atoms with Crippen molar-refractivity contribution in [2.45, 2.75) is 52.0 Å². The highest BCUT2D eigenvalue weighted by atomic mass is 79.9. The minimum Gasteiger partial charge on any atom is -0.336 e. The van der Waals surface area contributed by atoms with Gasteiger partial charge in [-0.3, -0.25) is 4.79 Å². The summed E-state index contributed by atoms with van der Waals surface area (Å²) in [5, 5.41) is 0. The van der Waals surface area contributed by atoms with Gasteiger partial charge < -0.3 is 4.90 Å². The van der Waals surface area contributed by atoms with Crippen LogP contribution in [0.25, 0.3) is 0 Å². The molecule has 0 spiro atoms. The third-order valence-electron chi connectivity index (χ3n) is 4.13. The average molecular weight is 417 g/mol. The van der Waals surface area contributed by atoms with Crippen molar-refractivity contribution in [1.82, 2.24) is 4.90 Å². The molecule has 1 fully saturated rings. The van der Waals surface area contributed by atoms with Gasteiger partial charge in [-0.15, -0.1) is 0 Å². The van der Waals surface area contributed by atoms with Crippen molar-refractivity contribution in [3.63, 3.8) is 0 Å². The molecule has 0 heterocycles. The van der Waals surface area contributed by atoms with Gasteiger partial charge in [0.2, 0.25) is 0 Å². The summed E-state index contributed by atoms with van der Waals surface area (Å²) in [7, 11) is 0. The Labute approximate surface area is 144 Å². The quantitative estimate of drug-likeness (QED) is 0.607. The molecule has 0 atom stereocenters. The van der Waals surface area contributed by atoms with Gasteiger partial charge in [-0.2, -0.15) is 0 Å². The van der Waals surface area contributed by atoms with Crippen molar-refractivity contribution in [2.24, 2.45) is 5.92 Å². The van der Waals surface area contributed by atoms with Gasteiger partial charge in [0, 0.05) is 21.5 Å². The molecule has 4 heteroatoms. The number of halogens is 2. The summed E-state index contributed by atoms with van der Waals surface area (Å²) in [6.07, 6.45) is 5.85. The molecular weight excluding hydrogens is 394 g/mol. The molecule has 21 heavy (non-hydrogen) atoms. The molecule has 1 aromatic carbocycles. The molecule has 1 aromatic rings. The van der Waals surface area contributed by atoms with E-state index in [0.29, 0.717) is 12.0 Å². The van der Waals surface area contributed by atoms with Crippen LogP contribution in [0.1, 0.15) is 56.3 Å². The fourth-order valence-corrected chi connectivity index (χ4v) is 3.66. The van der Waals surface area contributed by atoms with Crippen molar-refractivity contribution in [3.8, 4) is 0 Å². The number of rotatable bonds is 5. The number of benzene rings is 1. The van der Waals surface area contributed by atoms with Crippen molar-refractivity contribution in [3.05, 3.63) is 32.7 Å². The first-order valence-electron chi connectivity index (χ1n) is 7.75. The van der Waals surface area contributed by atoms with E-state index in [1.54, 1.807) is 0 Å². The molecule has 0 bridgehead atoms. The smallest absolute Gasteiger partial charge is 0.255 e. The van der Waals surface area contributed by atoms with E-state index in [2.05, 4.69) is 50.6 Å². The molecular formula is C17H23Br2NO.